The highest BCUT2D eigenvalue weighted by Gasteiger charge is 2.32. The number of sulfonamides is 1. The van der Waals surface area contributed by atoms with Crippen molar-refractivity contribution in [1.29, 1.82) is 0 Å². The normalized spacial score (nSPS) is 15.6. The fourth-order valence-corrected chi connectivity index (χ4v) is 5.98. The van der Waals surface area contributed by atoms with E-state index in [0.717, 1.165) is 34.3 Å². The van der Waals surface area contributed by atoms with Gasteiger partial charge in [-0.05, 0) is 50.1 Å². The van der Waals surface area contributed by atoms with Crippen molar-refractivity contribution in [3.05, 3.63) is 72.2 Å². The lowest BCUT2D eigenvalue weighted by Gasteiger charge is -2.32. The van der Waals surface area contributed by atoms with Crippen molar-refractivity contribution in [3.8, 4) is 17.1 Å². The Morgan fingerprint density at radius 2 is 1.74 bits per heavy atom. The van der Waals surface area contributed by atoms with Gasteiger partial charge >= 0.3 is 0 Å². The Hall–Kier alpha value is -3.30. The standard InChI is InChI=1S/C25H25FN4O3S/c1-17-8-10-22-25(27-17)30(24(28-22)18-6-4-3-5-7-18)19-12-14-29(15-13-19)34(31,32)20-9-11-23(33-2)21(26)16-20/h3-11,16,19H,12-15H2,1-2H3. The number of imidazole rings is 1. The summed E-state index contributed by atoms with van der Waals surface area (Å²) in [7, 11) is -2.47. The second kappa shape index (κ2) is 8.81. The van der Waals surface area contributed by atoms with Crippen LogP contribution in [0.15, 0.2) is 65.6 Å². The van der Waals surface area contributed by atoms with Gasteiger partial charge in [0.2, 0.25) is 10.0 Å². The summed E-state index contributed by atoms with van der Waals surface area (Å²) in [5.74, 6) is 0.144. The number of methoxy groups -OCH3 is 1. The zero-order chi connectivity index (χ0) is 23.9. The molecule has 0 unspecified atom stereocenters. The van der Waals surface area contributed by atoms with Crippen LogP contribution in [0.25, 0.3) is 22.6 Å². The van der Waals surface area contributed by atoms with E-state index in [4.69, 9.17) is 14.7 Å². The number of hydrogen-bond donors (Lipinski definition) is 0. The number of fused-ring (bicyclic) bond motifs is 1. The molecule has 34 heavy (non-hydrogen) atoms. The van der Waals surface area contributed by atoms with E-state index in [0.29, 0.717) is 25.9 Å². The Kier molecular flexibility index (Phi) is 5.83. The first-order valence-corrected chi connectivity index (χ1v) is 12.6. The van der Waals surface area contributed by atoms with Crippen LogP contribution in [0.3, 0.4) is 0 Å². The van der Waals surface area contributed by atoms with E-state index in [1.807, 2.05) is 49.4 Å². The van der Waals surface area contributed by atoms with Crippen LogP contribution in [-0.4, -0.2) is 47.5 Å². The summed E-state index contributed by atoms with van der Waals surface area (Å²) < 4.78 is 49.0. The predicted molar refractivity (Wildman–Crippen MR) is 128 cm³/mol. The highest BCUT2D eigenvalue weighted by Crippen LogP contribution is 2.34. The molecule has 3 heterocycles. The third-order valence-corrected chi connectivity index (χ3v) is 8.15. The van der Waals surface area contributed by atoms with Crippen molar-refractivity contribution in [1.82, 2.24) is 18.8 Å². The van der Waals surface area contributed by atoms with E-state index in [1.165, 1.54) is 23.5 Å². The van der Waals surface area contributed by atoms with Gasteiger partial charge in [-0.1, -0.05) is 30.3 Å². The maximum atomic E-state index is 14.2. The molecule has 9 heteroatoms. The van der Waals surface area contributed by atoms with E-state index >= 15 is 0 Å². The summed E-state index contributed by atoms with van der Waals surface area (Å²) >= 11 is 0. The van der Waals surface area contributed by atoms with E-state index in [9.17, 15) is 12.8 Å². The third-order valence-electron chi connectivity index (χ3n) is 6.26. The zero-order valence-electron chi connectivity index (χ0n) is 19.0. The van der Waals surface area contributed by atoms with Gasteiger partial charge in [-0.3, -0.25) is 0 Å². The average molecular weight is 481 g/mol. The largest absolute Gasteiger partial charge is 0.494 e. The molecule has 7 nitrogen and oxygen atoms in total. The fraction of sp³-hybridized carbons (Fsp3) is 0.280. The molecule has 1 saturated heterocycles. The van der Waals surface area contributed by atoms with Crippen LogP contribution in [-0.2, 0) is 10.0 Å². The third kappa shape index (κ3) is 3.95. The molecule has 5 rings (SSSR count). The van der Waals surface area contributed by atoms with Gasteiger partial charge in [0, 0.05) is 30.4 Å². The number of nitrogens with zero attached hydrogens (tertiary/aromatic N) is 4. The minimum Gasteiger partial charge on any atom is -0.494 e. The number of halogens is 1. The quantitative estimate of drug-likeness (QED) is 0.418. The van der Waals surface area contributed by atoms with Crippen LogP contribution in [0, 0.1) is 12.7 Å². The maximum absolute atomic E-state index is 14.2. The van der Waals surface area contributed by atoms with Gasteiger partial charge < -0.3 is 9.30 Å². The van der Waals surface area contributed by atoms with Crippen LogP contribution < -0.4 is 4.74 Å². The molecule has 0 saturated carbocycles. The highest BCUT2D eigenvalue weighted by atomic mass is 32.2. The Morgan fingerprint density at radius 3 is 2.41 bits per heavy atom. The molecule has 1 fully saturated rings. The van der Waals surface area contributed by atoms with Gasteiger partial charge in [-0.2, -0.15) is 4.31 Å². The lowest BCUT2D eigenvalue weighted by molar-refractivity contribution is 0.278. The molecule has 4 aromatic rings. The number of aromatic nitrogens is 3. The van der Waals surface area contributed by atoms with Crippen molar-refractivity contribution in [2.45, 2.75) is 30.7 Å². The number of ether oxygens (including phenoxy) is 1. The smallest absolute Gasteiger partial charge is 0.243 e. The number of rotatable bonds is 5. The van der Waals surface area contributed by atoms with Crippen molar-refractivity contribution in [3.63, 3.8) is 0 Å². The SMILES string of the molecule is COc1ccc(S(=O)(=O)N2CCC(n3c(-c4ccccc4)nc4ccc(C)nc43)CC2)cc1F. The Labute approximate surface area is 197 Å². The summed E-state index contributed by atoms with van der Waals surface area (Å²) in [6.45, 7) is 2.59. The molecule has 0 spiro atoms. The van der Waals surface area contributed by atoms with E-state index in [2.05, 4.69) is 4.57 Å². The molecule has 2 aromatic carbocycles. The predicted octanol–water partition coefficient (Wildman–Crippen LogP) is 4.58. The Balaban J connectivity index is 1.45. The summed E-state index contributed by atoms with van der Waals surface area (Å²) in [5, 5.41) is 0. The number of benzene rings is 2. The second-order valence-electron chi connectivity index (χ2n) is 8.40. The van der Waals surface area contributed by atoms with Crippen LogP contribution in [0.2, 0.25) is 0 Å². The van der Waals surface area contributed by atoms with E-state index in [-0.39, 0.29) is 16.7 Å². The number of pyridine rings is 1. The molecule has 0 amide bonds. The van der Waals surface area contributed by atoms with Gasteiger partial charge in [-0.15, -0.1) is 0 Å². The van der Waals surface area contributed by atoms with Gasteiger partial charge in [0.05, 0.1) is 12.0 Å². The summed E-state index contributed by atoms with van der Waals surface area (Å²) in [4.78, 5) is 9.54. The van der Waals surface area contributed by atoms with E-state index in [1.54, 1.807) is 0 Å². The topological polar surface area (TPSA) is 77.3 Å². The first-order valence-electron chi connectivity index (χ1n) is 11.1. The van der Waals surface area contributed by atoms with Gasteiger partial charge in [-0.25, -0.2) is 22.8 Å². The first-order chi connectivity index (χ1) is 16.4. The van der Waals surface area contributed by atoms with Gasteiger partial charge in [0.25, 0.3) is 0 Å². The van der Waals surface area contributed by atoms with E-state index < -0.39 is 15.8 Å². The highest BCUT2D eigenvalue weighted by molar-refractivity contribution is 7.89. The molecule has 0 radical (unpaired) electrons. The second-order valence-corrected chi connectivity index (χ2v) is 10.3. The van der Waals surface area contributed by atoms with Crippen molar-refractivity contribution >= 4 is 21.2 Å². The fourth-order valence-electron chi connectivity index (χ4n) is 4.50. The number of aryl methyl sites for hydroxylation is 1. The van der Waals surface area contributed by atoms with Crippen LogP contribution in [0.5, 0.6) is 5.75 Å². The molecule has 1 aliphatic heterocycles. The van der Waals surface area contributed by atoms with Crippen molar-refractivity contribution in [2.75, 3.05) is 20.2 Å². The van der Waals surface area contributed by atoms with Crippen LogP contribution in [0.4, 0.5) is 4.39 Å². The number of piperidine rings is 1. The molecule has 0 aliphatic carbocycles. The summed E-state index contributed by atoms with van der Waals surface area (Å²) in [5.41, 5.74) is 3.50. The summed E-state index contributed by atoms with van der Waals surface area (Å²) in [6, 6.07) is 17.6. The summed E-state index contributed by atoms with van der Waals surface area (Å²) in [6.07, 6.45) is 1.19. The zero-order valence-corrected chi connectivity index (χ0v) is 19.8. The van der Waals surface area contributed by atoms with Crippen molar-refractivity contribution in [2.24, 2.45) is 0 Å². The minimum absolute atomic E-state index is 0.0147. The van der Waals surface area contributed by atoms with Crippen molar-refractivity contribution < 1.29 is 17.5 Å². The average Bonchev–Trinajstić information content (AvgIpc) is 3.23. The van der Waals surface area contributed by atoms with Gasteiger partial charge in [0.15, 0.2) is 17.2 Å². The molecule has 2 aromatic heterocycles. The Bertz CT molecular complexity index is 1450. The van der Waals surface area contributed by atoms with Crippen LogP contribution >= 0.6 is 0 Å². The molecule has 0 bridgehead atoms. The maximum Gasteiger partial charge on any atom is 0.243 e. The van der Waals surface area contributed by atoms with Gasteiger partial charge in [0.1, 0.15) is 11.3 Å². The first kappa shape index (κ1) is 22.5. The molecule has 176 valence electrons. The molecule has 1 aliphatic rings. The number of hydrogen-bond acceptors (Lipinski definition) is 5. The monoisotopic (exact) mass is 480 g/mol. The molecular weight excluding hydrogens is 455 g/mol. The lowest BCUT2D eigenvalue weighted by atomic mass is 10.1. The van der Waals surface area contributed by atoms with Crippen LogP contribution in [0.1, 0.15) is 24.6 Å². The Morgan fingerprint density at radius 1 is 1.00 bits per heavy atom. The molecule has 0 atom stereocenters. The lowest BCUT2D eigenvalue weighted by Crippen LogP contribution is -2.39. The molecule has 0 N–H and O–H groups in total. The minimum atomic E-state index is -3.82. The molecular formula is C25H25FN4O3S.